The lowest BCUT2D eigenvalue weighted by molar-refractivity contribution is -0.149. The van der Waals surface area contributed by atoms with E-state index in [0.717, 1.165) is 12.7 Å². The Morgan fingerprint density at radius 2 is 1.57 bits per heavy atom. The van der Waals surface area contributed by atoms with E-state index in [2.05, 4.69) is 20.1 Å². The van der Waals surface area contributed by atoms with E-state index in [9.17, 15) is 24.3 Å². The van der Waals surface area contributed by atoms with Gasteiger partial charge in [0, 0.05) is 0 Å². The maximum absolute atomic E-state index is 12.6. The summed E-state index contributed by atoms with van der Waals surface area (Å²) < 4.78 is 14.3. The Balaban J connectivity index is 2.75. The molecule has 1 aromatic rings. The van der Waals surface area contributed by atoms with Crippen LogP contribution < -0.4 is 10.6 Å². The third-order valence-corrected chi connectivity index (χ3v) is 4.25. The Bertz CT molecular complexity index is 723. The first-order valence-electron chi connectivity index (χ1n) is 9.30. The largest absolute Gasteiger partial charge is 0.469 e. The van der Waals surface area contributed by atoms with Crippen molar-refractivity contribution in [3.8, 4) is 0 Å². The first-order chi connectivity index (χ1) is 14.2. The molecule has 0 spiro atoms. The van der Waals surface area contributed by atoms with Crippen LogP contribution in [0.3, 0.4) is 0 Å². The van der Waals surface area contributed by atoms with Crippen LogP contribution in [0.5, 0.6) is 0 Å². The van der Waals surface area contributed by atoms with Crippen LogP contribution in [0.15, 0.2) is 30.3 Å². The minimum Gasteiger partial charge on any atom is -0.469 e. The number of alkyl carbamates (subject to hydrolysis) is 1. The average Bonchev–Trinajstić information content (AvgIpc) is 2.74. The van der Waals surface area contributed by atoms with Crippen LogP contribution in [-0.4, -0.2) is 61.5 Å². The Morgan fingerprint density at radius 1 is 0.967 bits per heavy atom. The summed E-state index contributed by atoms with van der Waals surface area (Å²) in [5, 5.41) is 14.6. The van der Waals surface area contributed by atoms with Gasteiger partial charge in [0.2, 0.25) is 5.91 Å². The molecule has 0 bridgehead atoms. The molecule has 0 fully saturated rings. The molecule has 10 heteroatoms. The van der Waals surface area contributed by atoms with Gasteiger partial charge in [-0.2, -0.15) is 0 Å². The van der Waals surface area contributed by atoms with Gasteiger partial charge < -0.3 is 30.0 Å². The van der Waals surface area contributed by atoms with Crippen molar-refractivity contribution in [2.45, 2.75) is 45.1 Å². The van der Waals surface area contributed by atoms with Gasteiger partial charge in [-0.25, -0.2) is 9.59 Å². The van der Waals surface area contributed by atoms with Crippen LogP contribution in [0, 0.1) is 5.92 Å². The van der Waals surface area contributed by atoms with Crippen molar-refractivity contribution in [3.63, 3.8) is 0 Å². The second-order valence-electron chi connectivity index (χ2n) is 6.67. The number of nitrogens with one attached hydrogen (secondary N) is 2. The molecule has 0 saturated heterocycles. The molecule has 10 nitrogen and oxygen atoms in total. The van der Waals surface area contributed by atoms with E-state index in [1.807, 2.05) is 6.07 Å². The summed E-state index contributed by atoms with van der Waals surface area (Å²) in [5.74, 6) is -2.88. The third kappa shape index (κ3) is 8.08. The van der Waals surface area contributed by atoms with E-state index >= 15 is 0 Å². The number of carbonyl (C=O) groups is 4. The minimum atomic E-state index is -1.39. The average molecular weight is 424 g/mol. The normalized spacial score (nSPS) is 14.4. The molecule has 4 atom stereocenters. The topological polar surface area (TPSA) is 140 Å². The Hall–Kier alpha value is -3.14. The molecule has 0 aliphatic rings. The highest BCUT2D eigenvalue weighted by molar-refractivity contribution is 5.90. The number of carbonyl (C=O) groups excluding carboxylic acids is 4. The van der Waals surface area contributed by atoms with Gasteiger partial charge in [-0.3, -0.25) is 9.59 Å². The summed E-state index contributed by atoms with van der Waals surface area (Å²) in [6, 6.07) is 6.32. The number of benzene rings is 1. The van der Waals surface area contributed by atoms with Crippen LogP contribution in [0.2, 0.25) is 0 Å². The minimum absolute atomic E-state index is 0.0255. The fraction of sp³-hybridized carbons (Fsp3) is 0.500. The highest BCUT2D eigenvalue weighted by Crippen LogP contribution is 2.10. The van der Waals surface area contributed by atoms with E-state index in [-0.39, 0.29) is 13.0 Å². The van der Waals surface area contributed by atoms with Crippen molar-refractivity contribution in [1.29, 1.82) is 0 Å². The van der Waals surface area contributed by atoms with Gasteiger partial charge in [0.1, 0.15) is 18.7 Å². The van der Waals surface area contributed by atoms with E-state index in [1.54, 1.807) is 24.3 Å². The van der Waals surface area contributed by atoms with Gasteiger partial charge >= 0.3 is 18.0 Å². The predicted octanol–water partition coefficient (Wildman–Crippen LogP) is 0.519. The molecule has 1 rings (SSSR count). The zero-order chi connectivity index (χ0) is 22.7. The Morgan fingerprint density at radius 3 is 2.10 bits per heavy atom. The molecular weight excluding hydrogens is 396 g/mol. The van der Waals surface area contributed by atoms with Crippen molar-refractivity contribution in [1.82, 2.24) is 10.6 Å². The van der Waals surface area contributed by atoms with Crippen LogP contribution >= 0.6 is 0 Å². The molecule has 30 heavy (non-hydrogen) atoms. The summed E-state index contributed by atoms with van der Waals surface area (Å²) in [4.78, 5) is 48.2. The molecular formula is C20H28N2O8. The van der Waals surface area contributed by atoms with Crippen LogP contribution in [0.1, 0.15) is 25.8 Å². The maximum Gasteiger partial charge on any atom is 0.408 e. The highest BCUT2D eigenvalue weighted by Gasteiger charge is 2.32. The second kappa shape index (κ2) is 12.4. The first kappa shape index (κ1) is 24.9. The highest BCUT2D eigenvalue weighted by atomic mass is 16.5. The molecule has 0 unspecified atom stereocenters. The summed E-state index contributed by atoms with van der Waals surface area (Å²) >= 11 is 0. The number of esters is 2. The lowest BCUT2D eigenvalue weighted by Gasteiger charge is -2.24. The quantitative estimate of drug-likeness (QED) is 0.365. The summed E-state index contributed by atoms with van der Waals surface area (Å²) in [6.07, 6.45) is -2.29. The third-order valence-electron chi connectivity index (χ3n) is 4.25. The number of amides is 2. The molecule has 2 amide bonds. The molecule has 1 aromatic carbocycles. The van der Waals surface area contributed by atoms with Gasteiger partial charge in [0.05, 0.1) is 26.2 Å². The number of rotatable bonds is 10. The predicted molar refractivity (Wildman–Crippen MR) is 105 cm³/mol. The smallest absolute Gasteiger partial charge is 0.408 e. The van der Waals surface area contributed by atoms with Gasteiger partial charge in [0.15, 0.2) is 0 Å². The lowest BCUT2D eigenvalue weighted by atomic mass is 10.0. The van der Waals surface area contributed by atoms with Crippen LogP contribution in [0.25, 0.3) is 0 Å². The van der Waals surface area contributed by atoms with E-state index in [0.29, 0.717) is 0 Å². The number of hydrogen-bond donors (Lipinski definition) is 3. The monoisotopic (exact) mass is 424 g/mol. The van der Waals surface area contributed by atoms with Crippen molar-refractivity contribution in [2.24, 2.45) is 5.92 Å². The number of methoxy groups -OCH3 is 2. The van der Waals surface area contributed by atoms with Crippen molar-refractivity contribution < 1.29 is 38.5 Å². The molecule has 0 saturated carbocycles. The van der Waals surface area contributed by atoms with Crippen molar-refractivity contribution in [3.05, 3.63) is 35.9 Å². The fourth-order valence-corrected chi connectivity index (χ4v) is 2.57. The van der Waals surface area contributed by atoms with E-state index in [1.165, 1.54) is 21.0 Å². The van der Waals surface area contributed by atoms with E-state index in [4.69, 9.17) is 4.74 Å². The standard InChI is InChI=1S/C20H28N2O8/c1-12(18(25)28-3)10-15(19(26)29-4)21-17(24)16(13(2)23)22-20(27)30-11-14-8-6-5-7-9-14/h5-9,12-13,15-16,23H,10-11H2,1-4H3,(H,21,24)(H,22,27)/t12-,13+,15-,16-/m0/s1. The summed E-state index contributed by atoms with van der Waals surface area (Å²) in [5.41, 5.74) is 0.744. The fourth-order valence-electron chi connectivity index (χ4n) is 2.57. The number of hydrogen-bond acceptors (Lipinski definition) is 8. The zero-order valence-corrected chi connectivity index (χ0v) is 17.4. The molecule has 3 N–H and O–H groups in total. The molecule has 166 valence electrons. The van der Waals surface area contributed by atoms with Gasteiger partial charge in [-0.15, -0.1) is 0 Å². The number of aliphatic hydroxyl groups excluding tert-OH is 1. The zero-order valence-electron chi connectivity index (χ0n) is 17.4. The van der Waals surface area contributed by atoms with Gasteiger partial charge in [0.25, 0.3) is 0 Å². The number of ether oxygens (including phenoxy) is 3. The van der Waals surface area contributed by atoms with Crippen LogP contribution in [0.4, 0.5) is 4.79 Å². The lowest BCUT2D eigenvalue weighted by Crippen LogP contribution is -2.56. The van der Waals surface area contributed by atoms with Crippen molar-refractivity contribution in [2.75, 3.05) is 14.2 Å². The SMILES string of the molecule is COC(=O)[C@H](C[C@H](C)C(=O)OC)NC(=O)[C@@H](NC(=O)OCc1ccccc1)[C@@H](C)O. The van der Waals surface area contributed by atoms with Gasteiger partial charge in [-0.1, -0.05) is 37.3 Å². The van der Waals surface area contributed by atoms with Crippen LogP contribution in [-0.2, 0) is 35.2 Å². The summed E-state index contributed by atoms with van der Waals surface area (Å²) in [6.45, 7) is 2.80. The molecule has 0 aromatic heterocycles. The molecule has 0 radical (unpaired) electrons. The second-order valence-corrected chi connectivity index (χ2v) is 6.67. The molecule has 0 aliphatic heterocycles. The van der Waals surface area contributed by atoms with Gasteiger partial charge in [-0.05, 0) is 18.9 Å². The summed E-state index contributed by atoms with van der Waals surface area (Å²) in [7, 11) is 2.34. The first-order valence-corrected chi connectivity index (χ1v) is 9.30. The number of aliphatic hydroxyl groups is 1. The van der Waals surface area contributed by atoms with Crippen molar-refractivity contribution >= 4 is 23.9 Å². The Labute approximate surface area is 174 Å². The maximum atomic E-state index is 12.6. The molecule has 0 heterocycles. The molecule has 0 aliphatic carbocycles. The van der Waals surface area contributed by atoms with E-state index < -0.39 is 48.0 Å². The Kier molecular flexibility index (Phi) is 10.3.